The maximum absolute atomic E-state index is 13.2. The molecule has 16 heavy (non-hydrogen) atoms. The number of carbonyl (C=O) groups excluding carboxylic acids is 1. The van der Waals surface area contributed by atoms with Crippen LogP contribution < -0.4 is 5.32 Å². The van der Waals surface area contributed by atoms with Gasteiger partial charge in [-0.15, -0.1) is 11.8 Å². The minimum atomic E-state index is -0.567. The highest BCUT2D eigenvalue weighted by Crippen LogP contribution is 2.20. The van der Waals surface area contributed by atoms with Crippen LogP contribution in [0.1, 0.15) is 6.92 Å². The predicted molar refractivity (Wildman–Crippen MR) is 61.8 cm³/mol. The summed E-state index contributed by atoms with van der Waals surface area (Å²) < 4.78 is 13.2. The number of halogens is 1. The Bertz CT molecular complexity index is 358. The largest absolute Gasteiger partial charge is 0.392 e. The van der Waals surface area contributed by atoms with Gasteiger partial charge < -0.3 is 10.4 Å². The first-order chi connectivity index (χ1) is 7.59. The fraction of sp³-hybridized carbons (Fsp3) is 0.364. The van der Waals surface area contributed by atoms with Gasteiger partial charge >= 0.3 is 0 Å². The lowest BCUT2D eigenvalue weighted by molar-refractivity contribution is -0.118. The molecule has 1 amide bonds. The quantitative estimate of drug-likeness (QED) is 0.769. The second kappa shape index (κ2) is 6.50. The standard InChI is InChI=1S/C11H14FNO2S/c1-8(14)6-13-11(15)7-16-10-5-3-2-4-9(10)12/h2-5,8,14H,6-7H2,1H3,(H,13,15)/t8-/m1/s1. The molecule has 0 saturated carbocycles. The lowest BCUT2D eigenvalue weighted by Gasteiger charge is -2.07. The van der Waals surface area contributed by atoms with Gasteiger partial charge in [0.25, 0.3) is 0 Å². The molecule has 1 aromatic rings. The number of benzene rings is 1. The highest BCUT2D eigenvalue weighted by Gasteiger charge is 2.06. The Labute approximate surface area is 98.1 Å². The van der Waals surface area contributed by atoms with Gasteiger partial charge in [-0.05, 0) is 19.1 Å². The summed E-state index contributed by atoms with van der Waals surface area (Å²) in [5, 5.41) is 11.5. The van der Waals surface area contributed by atoms with Crippen molar-refractivity contribution in [2.24, 2.45) is 0 Å². The van der Waals surface area contributed by atoms with Crippen LogP contribution >= 0.6 is 11.8 Å². The zero-order valence-electron chi connectivity index (χ0n) is 8.94. The third kappa shape index (κ3) is 4.63. The van der Waals surface area contributed by atoms with E-state index < -0.39 is 6.10 Å². The van der Waals surface area contributed by atoms with Crippen molar-refractivity contribution >= 4 is 17.7 Å². The van der Waals surface area contributed by atoms with E-state index in [4.69, 9.17) is 5.11 Å². The van der Waals surface area contributed by atoms with Crippen LogP contribution in [0.4, 0.5) is 4.39 Å². The molecule has 0 saturated heterocycles. The molecular weight excluding hydrogens is 229 g/mol. The summed E-state index contributed by atoms with van der Waals surface area (Å²) in [6, 6.07) is 6.31. The molecule has 0 bridgehead atoms. The summed E-state index contributed by atoms with van der Waals surface area (Å²) >= 11 is 1.14. The minimum Gasteiger partial charge on any atom is -0.392 e. The number of aliphatic hydroxyl groups is 1. The van der Waals surface area contributed by atoms with Gasteiger partial charge in [0.05, 0.1) is 11.9 Å². The van der Waals surface area contributed by atoms with Crippen LogP contribution in [-0.4, -0.2) is 29.4 Å². The second-order valence-electron chi connectivity index (χ2n) is 3.37. The van der Waals surface area contributed by atoms with Gasteiger partial charge in [-0.1, -0.05) is 12.1 Å². The van der Waals surface area contributed by atoms with Gasteiger partial charge in [0.2, 0.25) is 5.91 Å². The number of amides is 1. The van der Waals surface area contributed by atoms with E-state index in [1.54, 1.807) is 25.1 Å². The van der Waals surface area contributed by atoms with Crippen LogP contribution in [0.25, 0.3) is 0 Å². The second-order valence-corrected chi connectivity index (χ2v) is 4.39. The van der Waals surface area contributed by atoms with E-state index in [2.05, 4.69) is 5.32 Å². The number of carbonyl (C=O) groups is 1. The highest BCUT2D eigenvalue weighted by atomic mass is 32.2. The average Bonchev–Trinajstić information content (AvgIpc) is 2.25. The first-order valence-corrected chi connectivity index (χ1v) is 5.90. The van der Waals surface area contributed by atoms with Gasteiger partial charge in [-0.25, -0.2) is 4.39 Å². The average molecular weight is 243 g/mol. The molecular formula is C11H14FNO2S. The predicted octanol–water partition coefficient (Wildman–Crippen LogP) is 1.41. The van der Waals surface area contributed by atoms with Gasteiger partial charge in [-0.2, -0.15) is 0 Å². The van der Waals surface area contributed by atoms with E-state index in [0.29, 0.717) is 4.90 Å². The molecule has 5 heteroatoms. The van der Waals surface area contributed by atoms with Crippen LogP contribution in [0.5, 0.6) is 0 Å². The van der Waals surface area contributed by atoms with Crippen molar-refractivity contribution in [1.82, 2.24) is 5.32 Å². The maximum atomic E-state index is 13.2. The molecule has 0 aromatic heterocycles. The Kier molecular flexibility index (Phi) is 5.28. The summed E-state index contributed by atoms with van der Waals surface area (Å²) in [6.45, 7) is 1.81. The summed E-state index contributed by atoms with van der Waals surface area (Å²) in [5.74, 6) is -0.391. The summed E-state index contributed by atoms with van der Waals surface area (Å²) in [6.07, 6.45) is -0.567. The molecule has 0 aliphatic heterocycles. The maximum Gasteiger partial charge on any atom is 0.230 e. The molecule has 0 spiro atoms. The number of rotatable bonds is 5. The summed E-state index contributed by atoms with van der Waals surface area (Å²) in [4.78, 5) is 11.7. The third-order valence-electron chi connectivity index (χ3n) is 1.79. The van der Waals surface area contributed by atoms with E-state index in [1.807, 2.05) is 0 Å². The molecule has 0 unspecified atom stereocenters. The molecule has 2 N–H and O–H groups in total. The molecule has 88 valence electrons. The molecule has 3 nitrogen and oxygen atoms in total. The number of hydrogen-bond donors (Lipinski definition) is 2. The van der Waals surface area contributed by atoms with Crippen LogP contribution in [0.15, 0.2) is 29.2 Å². The Morgan fingerprint density at radius 2 is 2.25 bits per heavy atom. The SMILES string of the molecule is C[C@@H](O)CNC(=O)CSc1ccccc1F. The molecule has 1 atom stereocenters. The smallest absolute Gasteiger partial charge is 0.230 e. The lowest BCUT2D eigenvalue weighted by Crippen LogP contribution is -2.31. The lowest BCUT2D eigenvalue weighted by atomic mass is 10.3. The molecule has 0 aliphatic carbocycles. The van der Waals surface area contributed by atoms with E-state index in [1.165, 1.54) is 6.07 Å². The zero-order valence-corrected chi connectivity index (χ0v) is 9.76. The van der Waals surface area contributed by atoms with Gasteiger partial charge in [0, 0.05) is 11.4 Å². The van der Waals surface area contributed by atoms with Crippen molar-refractivity contribution in [2.75, 3.05) is 12.3 Å². The van der Waals surface area contributed by atoms with Gasteiger partial charge in [-0.3, -0.25) is 4.79 Å². The molecule has 0 heterocycles. The minimum absolute atomic E-state index is 0.146. The van der Waals surface area contributed by atoms with Crippen molar-refractivity contribution < 1.29 is 14.3 Å². The number of hydrogen-bond acceptors (Lipinski definition) is 3. The van der Waals surface area contributed by atoms with Crippen LogP contribution in [0.2, 0.25) is 0 Å². The summed E-state index contributed by atoms with van der Waals surface area (Å²) in [7, 11) is 0. The van der Waals surface area contributed by atoms with Crippen molar-refractivity contribution in [3.05, 3.63) is 30.1 Å². The van der Waals surface area contributed by atoms with Crippen LogP contribution in [0, 0.1) is 5.82 Å². The zero-order chi connectivity index (χ0) is 12.0. The van der Waals surface area contributed by atoms with E-state index >= 15 is 0 Å². The number of thioether (sulfide) groups is 1. The Morgan fingerprint density at radius 1 is 1.56 bits per heavy atom. The molecule has 0 radical (unpaired) electrons. The Hall–Kier alpha value is -1.07. The van der Waals surface area contributed by atoms with E-state index in [9.17, 15) is 9.18 Å². The topological polar surface area (TPSA) is 49.3 Å². The van der Waals surface area contributed by atoms with E-state index in [-0.39, 0.29) is 24.0 Å². The highest BCUT2D eigenvalue weighted by molar-refractivity contribution is 8.00. The number of aliphatic hydroxyl groups excluding tert-OH is 1. The third-order valence-corrected chi connectivity index (χ3v) is 2.84. The molecule has 0 aliphatic rings. The van der Waals surface area contributed by atoms with Crippen molar-refractivity contribution in [1.29, 1.82) is 0 Å². The van der Waals surface area contributed by atoms with Crippen molar-refractivity contribution in [2.45, 2.75) is 17.9 Å². The number of nitrogens with one attached hydrogen (secondary N) is 1. The van der Waals surface area contributed by atoms with Gasteiger partial charge in [0.1, 0.15) is 5.82 Å². The van der Waals surface area contributed by atoms with E-state index in [0.717, 1.165) is 11.8 Å². The van der Waals surface area contributed by atoms with Crippen LogP contribution in [0.3, 0.4) is 0 Å². The molecule has 1 rings (SSSR count). The molecule has 0 fully saturated rings. The normalized spacial score (nSPS) is 12.2. The first kappa shape index (κ1) is 13.0. The fourth-order valence-electron chi connectivity index (χ4n) is 1.02. The Balaban J connectivity index is 2.35. The Morgan fingerprint density at radius 3 is 2.88 bits per heavy atom. The fourth-order valence-corrected chi connectivity index (χ4v) is 1.79. The summed E-state index contributed by atoms with van der Waals surface area (Å²) in [5.41, 5.74) is 0. The first-order valence-electron chi connectivity index (χ1n) is 4.91. The monoisotopic (exact) mass is 243 g/mol. The van der Waals surface area contributed by atoms with Crippen molar-refractivity contribution in [3.63, 3.8) is 0 Å². The van der Waals surface area contributed by atoms with Crippen LogP contribution in [-0.2, 0) is 4.79 Å². The van der Waals surface area contributed by atoms with Crippen molar-refractivity contribution in [3.8, 4) is 0 Å². The van der Waals surface area contributed by atoms with Gasteiger partial charge in [0.15, 0.2) is 0 Å². The molecule has 1 aromatic carbocycles.